The van der Waals surface area contributed by atoms with Gasteiger partial charge in [0.1, 0.15) is 0 Å². The highest BCUT2D eigenvalue weighted by Crippen LogP contribution is 2.22. The lowest BCUT2D eigenvalue weighted by atomic mass is 9.89. The highest BCUT2D eigenvalue weighted by molar-refractivity contribution is 5.89. The summed E-state index contributed by atoms with van der Waals surface area (Å²) in [6.45, 7) is 6.28. The van der Waals surface area contributed by atoms with Gasteiger partial charge in [-0.3, -0.25) is 0 Å². The second-order valence-corrected chi connectivity index (χ2v) is 5.70. The molecule has 7 nitrogen and oxygen atoms in total. The minimum absolute atomic E-state index is 0.140. The Hall–Kier alpha value is -1.65. The van der Waals surface area contributed by atoms with Crippen LogP contribution in [0, 0.1) is 0 Å². The van der Waals surface area contributed by atoms with Crippen LogP contribution in [0.25, 0.3) is 0 Å². The molecule has 0 amide bonds. The molecule has 0 bridgehead atoms. The molecule has 0 aromatic carbocycles. The summed E-state index contributed by atoms with van der Waals surface area (Å²) in [5, 5.41) is 7.12. The molecule has 0 saturated carbocycles. The number of alkyl halides is 3. The van der Waals surface area contributed by atoms with Gasteiger partial charge in [0.2, 0.25) is 0 Å². The summed E-state index contributed by atoms with van der Waals surface area (Å²) in [6, 6.07) is -0.553. The van der Waals surface area contributed by atoms with Crippen LogP contribution in [0.4, 0.5) is 13.2 Å². The van der Waals surface area contributed by atoms with Gasteiger partial charge in [-0.2, -0.15) is 13.2 Å². The lowest BCUT2D eigenvalue weighted by molar-refractivity contribution is -0.192. The van der Waals surface area contributed by atoms with Crippen LogP contribution in [-0.2, 0) is 19.1 Å². The molecule has 0 unspecified atom stereocenters. The maximum Gasteiger partial charge on any atom is 0.490 e. The van der Waals surface area contributed by atoms with Crippen LogP contribution < -0.4 is 11.5 Å². The number of carbonyl (C=O) groups is 2. The zero-order chi connectivity index (χ0) is 20.5. The largest absolute Gasteiger partial charge is 0.490 e. The van der Waals surface area contributed by atoms with E-state index in [1.165, 1.54) is 0 Å². The number of carbonyl (C=O) groups excluding carboxylic acids is 1. The Bertz CT molecular complexity index is 493. The van der Waals surface area contributed by atoms with Crippen molar-refractivity contribution in [1.29, 1.82) is 0 Å². The number of ether oxygens (including phenoxy) is 2. The monoisotopic (exact) mass is 384 g/mol. The number of hydrogen-bond acceptors (Lipinski definition) is 6. The van der Waals surface area contributed by atoms with Gasteiger partial charge in [-0.1, -0.05) is 13.8 Å². The van der Waals surface area contributed by atoms with Gasteiger partial charge >= 0.3 is 18.1 Å². The van der Waals surface area contributed by atoms with Gasteiger partial charge in [0.15, 0.2) is 0 Å². The summed E-state index contributed by atoms with van der Waals surface area (Å²) in [6.07, 6.45) is -1.20. The molecule has 1 aliphatic rings. The van der Waals surface area contributed by atoms with Gasteiger partial charge in [0.25, 0.3) is 0 Å². The zero-order valence-corrected chi connectivity index (χ0v) is 15.1. The van der Waals surface area contributed by atoms with Crippen LogP contribution >= 0.6 is 0 Å². The fourth-order valence-electron chi connectivity index (χ4n) is 2.22. The molecule has 3 atom stereocenters. The topological polar surface area (TPSA) is 125 Å². The van der Waals surface area contributed by atoms with Crippen molar-refractivity contribution >= 4 is 11.9 Å². The first kappa shape index (κ1) is 24.4. The molecule has 0 aliphatic heterocycles. The second kappa shape index (κ2) is 11.1. The van der Waals surface area contributed by atoms with E-state index >= 15 is 0 Å². The molecule has 0 radical (unpaired) electrons. The third kappa shape index (κ3) is 8.15. The van der Waals surface area contributed by atoms with E-state index in [0.29, 0.717) is 18.6 Å². The molecule has 0 spiro atoms. The van der Waals surface area contributed by atoms with Crippen molar-refractivity contribution < 1.29 is 37.3 Å². The Balaban J connectivity index is 0.000000758. The molecule has 1 aliphatic carbocycles. The highest BCUT2D eigenvalue weighted by atomic mass is 19.4. The lowest BCUT2D eigenvalue weighted by Crippen LogP contribution is -2.53. The summed E-state index contributed by atoms with van der Waals surface area (Å²) < 4.78 is 42.7. The molecule has 0 aromatic rings. The number of halogens is 3. The number of carboxylic acids is 1. The molecule has 26 heavy (non-hydrogen) atoms. The van der Waals surface area contributed by atoms with E-state index in [9.17, 15) is 18.0 Å². The molecule has 0 heterocycles. The first-order valence-corrected chi connectivity index (χ1v) is 8.32. The first-order valence-electron chi connectivity index (χ1n) is 8.32. The fraction of sp³-hybridized carbons (Fsp3) is 0.750. The van der Waals surface area contributed by atoms with Crippen molar-refractivity contribution in [1.82, 2.24) is 0 Å². The number of esters is 1. The van der Waals surface area contributed by atoms with Crippen LogP contribution in [0.3, 0.4) is 0 Å². The van der Waals surface area contributed by atoms with E-state index in [1.54, 1.807) is 13.0 Å². The number of aliphatic carboxylic acids is 1. The Morgan fingerprint density at radius 1 is 1.27 bits per heavy atom. The third-order valence-corrected chi connectivity index (χ3v) is 3.74. The van der Waals surface area contributed by atoms with Crippen molar-refractivity contribution in [3.05, 3.63) is 11.6 Å². The van der Waals surface area contributed by atoms with E-state index in [4.69, 9.17) is 30.8 Å². The van der Waals surface area contributed by atoms with Gasteiger partial charge in [0.05, 0.1) is 18.8 Å². The molecular formula is C16H27F3N2O5. The Labute approximate surface area is 150 Å². The molecular weight excluding hydrogens is 357 g/mol. The van der Waals surface area contributed by atoms with Crippen LogP contribution in [0.15, 0.2) is 11.6 Å². The van der Waals surface area contributed by atoms with Crippen LogP contribution in [-0.4, -0.2) is 54.1 Å². The van der Waals surface area contributed by atoms with E-state index in [2.05, 4.69) is 13.8 Å². The zero-order valence-electron chi connectivity index (χ0n) is 15.1. The molecule has 152 valence electrons. The smallest absolute Gasteiger partial charge is 0.475 e. The Morgan fingerprint density at radius 2 is 1.77 bits per heavy atom. The van der Waals surface area contributed by atoms with Crippen molar-refractivity contribution in [3.63, 3.8) is 0 Å². The van der Waals surface area contributed by atoms with Crippen molar-refractivity contribution in [2.75, 3.05) is 6.61 Å². The summed E-state index contributed by atoms with van der Waals surface area (Å²) in [5.41, 5.74) is 12.6. The SMILES string of the molecule is CCOC(=O)C1=C[C@@H](OC(CC)CC)[C@H](N)[C@@H](N)C1.O=C(O)C(F)(F)F. The lowest BCUT2D eigenvalue weighted by Gasteiger charge is -2.34. The standard InChI is InChI=1S/C14H26N2O3.C2HF3O2/c1-4-10(5-2)19-12-8-9(14(17)18-6-3)7-11(15)13(12)16;3-2(4,5)1(6)7/h8,10-13H,4-7,15-16H2,1-3H3;(H,6,7)/t11-,12+,13+;/m0./s1. The van der Waals surface area contributed by atoms with E-state index in [-0.39, 0.29) is 30.3 Å². The normalized spacial score (nSPS) is 23.0. The molecule has 5 N–H and O–H groups in total. The van der Waals surface area contributed by atoms with Crippen LogP contribution in [0.2, 0.25) is 0 Å². The molecule has 0 fully saturated rings. The average Bonchev–Trinajstić information content (AvgIpc) is 2.55. The minimum Gasteiger partial charge on any atom is -0.475 e. The van der Waals surface area contributed by atoms with Gasteiger partial charge in [-0.05, 0) is 32.3 Å². The van der Waals surface area contributed by atoms with E-state index < -0.39 is 12.1 Å². The average molecular weight is 384 g/mol. The highest BCUT2D eigenvalue weighted by Gasteiger charge is 2.38. The van der Waals surface area contributed by atoms with E-state index in [1.807, 2.05) is 0 Å². The summed E-state index contributed by atoms with van der Waals surface area (Å²) in [4.78, 5) is 20.7. The predicted octanol–water partition coefficient (Wildman–Crippen LogP) is 1.74. The number of hydrogen-bond donors (Lipinski definition) is 3. The maximum atomic E-state index is 11.8. The fourth-order valence-corrected chi connectivity index (χ4v) is 2.22. The minimum atomic E-state index is -5.08. The molecule has 10 heteroatoms. The second-order valence-electron chi connectivity index (χ2n) is 5.70. The predicted molar refractivity (Wildman–Crippen MR) is 88.2 cm³/mol. The summed E-state index contributed by atoms with van der Waals surface area (Å²) in [7, 11) is 0. The summed E-state index contributed by atoms with van der Waals surface area (Å²) >= 11 is 0. The number of rotatable bonds is 6. The Morgan fingerprint density at radius 3 is 2.15 bits per heavy atom. The molecule has 0 aromatic heterocycles. The van der Waals surface area contributed by atoms with Gasteiger partial charge in [-0.15, -0.1) is 0 Å². The number of carboxylic acid groups (broad SMARTS) is 1. The van der Waals surface area contributed by atoms with Crippen molar-refractivity contribution in [2.45, 2.75) is 70.5 Å². The molecule has 0 saturated heterocycles. The van der Waals surface area contributed by atoms with Gasteiger partial charge < -0.3 is 26.0 Å². The van der Waals surface area contributed by atoms with Gasteiger partial charge in [-0.25, -0.2) is 9.59 Å². The van der Waals surface area contributed by atoms with Crippen LogP contribution in [0.1, 0.15) is 40.0 Å². The number of nitrogens with two attached hydrogens (primary N) is 2. The Kier molecular flexibility index (Phi) is 10.4. The maximum absolute atomic E-state index is 11.8. The van der Waals surface area contributed by atoms with Crippen molar-refractivity contribution in [3.8, 4) is 0 Å². The van der Waals surface area contributed by atoms with Crippen LogP contribution in [0.5, 0.6) is 0 Å². The first-order chi connectivity index (χ1) is 12.0. The third-order valence-electron chi connectivity index (χ3n) is 3.74. The summed E-state index contributed by atoms with van der Waals surface area (Å²) in [5.74, 6) is -3.07. The quantitative estimate of drug-likeness (QED) is 0.596. The molecule has 1 rings (SSSR count). The van der Waals surface area contributed by atoms with E-state index in [0.717, 1.165) is 12.8 Å². The van der Waals surface area contributed by atoms with Gasteiger partial charge in [0, 0.05) is 17.7 Å². The van der Waals surface area contributed by atoms with Crippen molar-refractivity contribution in [2.24, 2.45) is 11.5 Å².